The minimum Gasteiger partial charge on any atom is -0.474 e. The molecule has 0 saturated heterocycles. The Labute approximate surface area is 87.7 Å². The molecule has 0 unspecified atom stereocenters. The molecule has 0 aliphatic heterocycles. The van der Waals surface area contributed by atoms with Gasteiger partial charge >= 0.3 is 0 Å². The summed E-state index contributed by atoms with van der Waals surface area (Å²) in [6.07, 6.45) is 5.96. The molecule has 2 fully saturated rings. The molecule has 0 amide bonds. The molecule has 4 nitrogen and oxygen atoms in total. The molecule has 80 valence electrons. The summed E-state index contributed by atoms with van der Waals surface area (Å²) in [5, 5.41) is 0. The SMILES string of the molecule is O=c1cc(OC2CCC2)nc(C2CC2)[nH]1. The van der Waals surface area contributed by atoms with E-state index in [4.69, 9.17) is 4.74 Å². The summed E-state index contributed by atoms with van der Waals surface area (Å²) in [5.41, 5.74) is -0.0961. The Kier molecular flexibility index (Phi) is 2.01. The van der Waals surface area contributed by atoms with Gasteiger partial charge in [0, 0.05) is 5.92 Å². The second-order valence-corrected chi connectivity index (χ2v) is 4.41. The third-order valence-electron chi connectivity index (χ3n) is 3.04. The zero-order chi connectivity index (χ0) is 10.3. The maximum atomic E-state index is 11.4. The van der Waals surface area contributed by atoms with Gasteiger partial charge in [-0.15, -0.1) is 0 Å². The third kappa shape index (κ3) is 1.89. The van der Waals surface area contributed by atoms with E-state index in [1.807, 2.05) is 0 Å². The lowest BCUT2D eigenvalue weighted by Gasteiger charge is -2.25. The fourth-order valence-corrected chi connectivity index (χ4v) is 1.72. The maximum absolute atomic E-state index is 11.4. The van der Waals surface area contributed by atoms with Crippen LogP contribution in [0.1, 0.15) is 43.8 Å². The van der Waals surface area contributed by atoms with Gasteiger partial charge in [-0.05, 0) is 32.1 Å². The Hall–Kier alpha value is -1.32. The predicted molar refractivity (Wildman–Crippen MR) is 55.1 cm³/mol. The van der Waals surface area contributed by atoms with Crippen molar-refractivity contribution in [2.45, 2.75) is 44.1 Å². The second kappa shape index (κ2) is 3.36. The van der Waals surface area contributed by atoms with Gasteiger partial charge < -0.3 is 9.72 Å². The van der Waals surface area contributed by atoms with Crippen molar-refractivity contribution < 1.29 is 4.74 Å². The molecule has 0 atom stereocenters. The van der Waals surface area contributed by atoms with Crippen LogP contribution >= 0.6 is 0 Å². The zero-order valence-electron chi connectivity index (χ0n) is 8.53. The van der Waals surface area contributed by atoms with E-state index < -0.39 is 0 Å². The lowest BCUT2D eigenvalue weighted by Crippen LogP contribution is -2.26. The molecule has 1 heterocycles. The Morgan fingerprint density at radius 1 is 1.33 bits per heavy atom. The first-order valence-corrected chi connectivity index (χ1v) is 5.59. The molecule has 15 heavy (non-hydrogen) atoms. The summed E-state index contributed by atoms with van der Waals surface area (Å²) in [6, 6.07) is 1.45. The molecule has 1 aromatic heterocycles. The summed E-state index contributed by atoms with van der Waals surface area (Å²) in [4.78, 5) is 18.5. The van der Waals surface area contributed by atoms with Gasteiger partial charge in [-0.25, -0.2) is 0 Å². The maximum Gasteiger partial charge on any atom is 0.254 e. The predicted octanol–water partition coefficient (Wildman–Crippen LogP) is 1.58. The van der Waals surface area contributed by atoms with Crippen molar-refractivity contribution in [2.24, 2.45) is 0 Å². The first kappa shape index (κ1) is 8.95. The summed E-state index contributed by atoms with van der Waals surface area (Å²) in [6.45, 7) is 0. The molecule has 2 saturated carbocycles. The lowest BCUT2D eigenvalue weighted by molar-refractivity contribution is 0.114. The molecule has 2 aliphatic carbocycles. The Morgan fingerprint density at radius 2 is 2.13 bits per heavy atom. The fraction of sp³-hybridized carbons (Fsp3) is 0.636. The highest BCUT2D eigenvalue weighted by molar-refractivity contribution is 5.14. The monoisotopic (exact) mass is 206 g/mol. The summed E-state index contributed by atoms with van der Waals surface area (Å²) in [5.74, 6) is 1.77. The van der Waals surface area contributed by atoms with Gasteiger partial charge in [-0.3, -0.25) is 4.79 Å². The van der Waals surface area contributed by atoms with Crippen molar-refractivity contribution in [1.82, 2.24) is 9.97 Å². The number of hydrogen-bond acceptors (Lipinski definition) is 3. The number of hydrogen-bond donors (Lipinski definition) is 1. The van der Waals surface area contributed by atoms with Crippen molar-refractivity contribution in [1.29, 1.82) is 0 Å². The van der Waals surface area contributed by atoms with Crippen molar-refractivity contribution in [3.05, 3.63) is 22.2 Å². The summed E-state index contributed by atoms with van der Waals surface area (Å²) < 4.78 is 5.62. The van der Waals surface area contributed by atoms with E-state index in [2.05, 4.69) is 9.97 Å². The first-order valence-electron chi connectivity index (χ1n) is 5.59. The normalized spacial score (nSPS) is 21.1. The van der Waals surface area contributed by atoms with Gasteiger partial charge in [0.2, 0.25) is 5.88 Å². The van der Waals surface area contributed by atoms with Gasteiger partial charge in [0.15, 0.2) is 0 Å². The number of nitrogens with one attached hydrogen (secondary N) is 1. The quantitative estimate of drug-likeness (QED) is 0.816. The molecule has 0 spiro atoms. The molecule has 0 radical (unpaired) electrons. The molecule has 3 rings (SSSR count). The van der Waals surface area contributed by atoms with Crippen molar-refractivity contribution in [3.63, 3.8) is 0 Å². The highest BCUT2D eigenvalue weighted by Gasteiger charge is 2.27. The van der Waals surface area contributed by atoms with Crippen LogP contribution < -0.4 is 10.3 Å². The van der Waals surface area contributed by atoms with Crippen LogP contribution in [-0.4, -0.2) is 16.1 Å². The van der Waals surface area contributed by atoms with Crippen LogP contribution in [0.15, 0.2) is 10.9 Å². The van der Waals surface area contributed by atoms with E-state index in [0.29, 0.717) is 11.8 Å². The van der Waals surface area contributed by atoms with Crippen molar-refractivity contribution >= 4 is 0 Å². The molecule has 2 aliphatic rings. The van der Waals surface area contributed by atoms with Crippen LogP contribution in [0.2, 0.25) is 0 Å². The molecule has 1 aromatic rings. The second-order valence-electron chi connectivity index (χ2n) is 4.41. The number of H-pyrrole nitrogens is 1. The number of aromatic nitrogens is 2. The molecule has 0 bridgehead atoms. The summed E-state index contributed by atoms with van der Waals surface area (Å²) >= 11 is 0. The van der Waals surface area contributed by atoms with Crippen LogP contribution in [0.3, 0.4) is 0 Å². The average molecular weight is 206 g/mol. The van der Waals surface area contributed by atoms with Gasteiger partial charge in [0.25, 0.3) is 5.56 Å². The minimum absolute atomic E-state index is 0.0961. The van der Waals surface area contributed by atoms with E-state index in [9.17, 15) is 4.79 Å². The van der Waals surface area contributed by atoms with E-state index in [-0.39, 0.29) is 11.7 Å². The zero-order valence-corrected chi connectivity index (χ0v) is 8.53. The Morgan fingerprint density at radius 3 is 2.73 bits per heavy atom. The number of ether oxygens (including phenoxy) is 1. The van der Waals surface area contributed by atoms with Crippen LogP contribution in [0.25, 0.3) is 0 Å². The van der Waals surface area contributed by atoms with Gasteiger partial charge in [0.05, 0.1) is 6.07 Å². The Bertz CT molecular complexity index is 419. The standard InChI is InChI=1S/C11H14N2O2/c14-9-6-10(15-8-2-1-3-8)13-11(12-9)7-4-5-7/h6-8H,1-5H2,(H,12,13,14). The third-order valence-corrected chi connectivity index (χ3v) is 3.04. The van der Waals surface area contributed by atoms with Crippen LogP contribution in [-0.2, 0) is 0 Å². The van der Waals surface area contributed by atoms with Crippen molar-refractivity contribution in [2.75, 3.05) is 0 Å². The number of aromatic amines is 1. The van der Waals surface area contributed by atoms with E-state index in [1.54, 1.807) is 0 Å². The highest BCUT2D eigenvalue weighted by atomic mass is 16.5. The molecule has 0 aromatic carbocycles. The highest BCUT2D eigenvalue weighted by Crippen LogP contribution is 2.38. The van der Waals surface area contributed by atoms with Crippen LogP contribution in [0.4, 0.5) is 0 Å². The van der Waals surface area contributed by atoms with Gasteiger partial charge in [-0.2, -0.15) is 4.98 Å². The average Bonchev–Trinajstić information content (AvgIpc) is 2.93. The van der Waals surface area contributed by atoms with E-state index in [1.165, 1.54) is 12.5 Å². The van der Waals surface area contributed by atoms with E-state index >= 15 is 0 Å². The molecule has 1 N–H and O–H groups in total. The molecular formula is C11H14N2O2. The molecular weight excluding hydrogens is 192 g/mol. The molecule has 4 heteroatoms. The minimum atomic E-state index is -0.0961. The van der Waals surface area contributed by atoms with Gasteiger partial charge in [0.1, 0.15) is 11.9 Å². The largest absolute Gasteiger partial charge is 0.474 e. The number of rotatable bonds is 3. The first-order chi connectivity index (χ1) is 7.31. The summed E-state index contributed by atoms with van der Waals surface area (Å²) in [7, 11) is 0. The number of nitrogens with zero attached hydrogens (tertiary/aromatic N) is 1. The Balaban J connectivity index is 1.82. The lowest BCUT2D eigenvalue weighted by atomic mass is 9.96. The van der Waals surface area contributed by atoms with E-state index in [0.717, 1.165) is 31.5 Å². The van der Waals surface area contributed by atoms with Crippen LogP contribution in [0.5, 0.6) is 5.88 Å². The smallest absolute Gasteiger partial charge is 0.254 e. The van der Waals surface area contributed by atoms with Crippen LogP contribution in [0, 0.1) is 0 Å². The topological polar surface area (TPSA) is 55.0 Å². The fourth-order valence-electron chi connectivity index (χ4n) is 1.72. The van der Waals surface area contributed by atoms with Gasteiger partial charge in [-0.1, -0.05) is 0 Å². The van der Waals surface area contributed by atoms with Crippen molar-refractivity contribution in [3.8, 4) is 5.88 Å².